The maximum Gasteiger partial charge on any atom is 0.393 e. The van der Waals surface area contributed by atoms with Crippen LogP contribution in [0.2, 0.25) is 0 Å². The van der Waals surface area contributed by atoms with E-state index in [1.165, 1.54) is 6.92 Å². The van der Waals surface area contributed by atoms with Crippen LogP contribution in [0.4, 0.5) is 13.2 Å². The van der Waals surface area contributed by atoms with Crippen molar-refractivity contribution >= 4 is 5.78 Å². The van der Waals surface area contributed by atoms with E-state index in [1.807, 2.05) is 0 Å². The number of hydrogen-bond acceptors (Lipinski definition) is 4. The topological polar surface area (TPSA) is 49.8 Å². The molecule has 24 heavy (non-hydrogen) atoms. The lowest BCUT2D eigenvalue weighted by Gasteiger charge is -2.34. The predicted octanol–water partition coefficient (Wildman–Crippen LogP) is 2.90. The van der Waals surface area contributed by atoms with Crippen LogP contribution in [0.3, 0.4) is 0 Å². The van der Waals surface area contributed by atoms with Crippen LogP contribution >= 0.6 is 0 Å². The van der Waals surface area contributed by atoms with Crippen molar-refractivity contribution < 1.29 is 27.8 Å². The molecule has 0 saturated carbocycles. The van der Waals surface area contributed by atoms with Gasteiger partial charge in [-0.3, -0.25) is 4.79 Å². The van der Waals surface area contributed by atoms with Gasteiger partial charge in [-0.15, -0.1) is 0 Å². The average molecular weight is 345 g/mol. The van der Waals surface area contributed by atoms with Crippen LogP contribution in [0, 0.1) is 5.92 Å². The van der Waals surface area contributed by atoms with Gasteiger partial charge in [0.2, 0.25) is 0 Å². The molecule has 0 spiro atoms. The van der Waals surface area contributed by atoms with Crippen molar-refractivity contribution in [2.24, 2.45) is 5.92 Å². The number of ketones is 1. The van der Waals surface area contributed by atoms with E-state index in [9.17, 15) is 23.1 Å². The van der Waals surface area contributed by atoms with Crippen molar-refractivity contribution in [2.45, 2.75) is 32.0 Å². The number of halogens is 3. The molecule has 2 atom stereocenters. The molecular formula is C17H22F3NO3. The predicted molar refractivity (Wildman–Crippen MR) is 83.2 cm³/mol. The van der Waals surface area contributed by atoms with Gasteiger partial charge in [0.25, 0.3) is 0 Å². The first-order valence-electron chi connectivity index (χ1n) is 7.96. The van der Waals surface area contributed by atoms with Gasteiger partial charge in [-0.05, 0) is 50.6 Å². The Balaban J connectivity index is 1.78. The lowest BCUT2D eigenvalue weighted by molar-refractivity contribution is -0.187. The zero-order valence-corrected chi connectivity index (χ0v) is 13.6. The molecule has 0 radical (unpaired) electrons. The number of carbonyl (C=O) groups is 1. The van der Waals surface area contributed by atoms with Gasteiger partial charge < -0.3 is 14.7 Å². The summed E-state index contributed by atoms with van der Waals surface area (Å²) in [5, 5.41) is 9.99. The molecular weight excluding hydrogens is 323 g/mol. The molecule has 7 heteroatoms. The Morgan fingerprint density at radius 2 is 2.04 bits per heavy atom. The average Bonchev–Trinajstić information content (AvgIpc) is 2.53. The number of carbonyl (C=O) groups excluding carboxylic acids is 1. The minimum Gasteiger partial charge on any atom is -0.491 e. The SMILES string of the molecule is CC(=O)c1ccc(OC[C@H](O)CN2CCC[C@H](C(F)(F)F)C2)cc1. The Hall–Kier alpha value is -1.60. The number of likely N-dealkylation sites (tertiary alicyclic amines) is 1. The van der Waals surface area contributed by atoms with E-state index in [1.54, 1.807) is 29.2 Å². The van der Waals surface area contributed by atoms with Crippen LogP contribution in [0.15, 0.2) is 24.3 Å². The molecule has 0 aliphatic carbocycles. The van der Waals surface area contributed by atoms with Crippen molar-refractivity contribution in [1.29, 1.82) is 0 Å². The van der Waals surface area contributed by atoms with E-state index in [4.69, 9.17) is 4.74 Å². The van der Waals surface area contributed by atoms with Gasteiger partial charge in [0, 0.05) is 18.7 Å². The molecule has 0 aromatic heterocycles. The Bertz CT molecular complexity index is 545. The van der Waals surface area contributed by atoms with Gasteiger partial charge in [0.1, 0.15) is 18.5 Å². The highest BCUT2D eigenvalue weighted by molar-refractivity contribution is 5.94. The first-order chi connectivity index (χ1) is 11.3. The van der Waals surface area contributed by atoms with Crippen molar-refractivity contribution in [1.82, 2.24) is 4.90 Å². The second-order valence-corrected chi connectivity index (χ2v) is 6.19. The highest BCUT2D eigenvalue weighted by Gasteiger charge is 2.41. The first-order valence-corrected chi connectivity index (χ1v) is 7.96. The fourth-order valence-electron chi connectivity index (χ4n) is 2.82. The van der Waals surface area contributed by atoms with Crippen LogP contribution in [0.25, 0.3) is 0 Å². The maximum absolute atomic E-state index is 12.8. The van der Waals surface area contributed by atoms with E-state index in [0.29, 0.717) is 24.3 Å². The standard InChI is InChI=1S/C17H22F3NO3/c1-12(22)13-4-6-16(7-5-13)24-11-15(23)10-21-8-2-3-14(9-21)17(18,19)20/h4-7,14-15,23H,2-3,8-11H2,1H3/t14-,15+/m0/s1. The maximum atomic E-state index is 12.8. The Morgan fingerprint density at radius 3 is 2.62 bits per heavy atom. The molecule has 0 bridgehead atoms. The fourth-order valence-corrected chi connectivity index (χ4v) is 2.82. The third kappa shape index (κ3) is 5.49. The summed E-state index contributed by atoms with van der Waals surface area (Å²) >= 11 is 0. The molecule has 1 aliphatic heterocycles. The van der Waals surface area contributed by atoms with Crippen molar-refractivity contribution in [3.8, 4) is 5.75 Å². The normalized spacial score (nSPS) is 20.6. The lowest BCUT2D eigenvalue weighted by Crippen LogP contribution is -2.45. The molecule has 0 unspecified atom stereocenters. The number of rotatable bonds is 6. The molecule has 134 valence electrons. The summed E-state index contributed by atoms with van der Waals surface area (Å²) in [5.41, 5.74) is 0.564. The van der Waals surface area contributed by atoms with Gasteiger partial charge in [0.15, 0.2) is 5.78 Å². The van der Waals surface area contributed by atoms with Crippen molar-refractivity contribution in [3.63, 3.8) is 0 Å². The van der Waals surface area contributed by atoms with Crippen LogP contribution in [0.5, 0.6) is 5.75 Å². The van der Waals surface area contributed by atoms with Gasteiger partial charge in [-0.2, -0.15) is 13.2 Å². The molecule has 0 amide bonds. The Morgan fingerprint density at radius 1 is 1.38 bits per heavy atom. The number of piperidine rings is 1. The van der Waals surface area contributed by atoms with E-state index in [0.717, 1.165) is 0 Å². The number of aliphatic hydroxyl groups is 1. The van der Waals surface area contributed by atoms with Crippen LogP contribution in [-0.2, 0) is 0 Å². The molecule has 1 N–H and O–H groups in total. The number of nitrogens with zero attached hydrogens (tertiary/aromatic N) is 1. The number of β-amino-alcohol motifs (C(OH)–C–C–N with tert-alkyl or cyclic N) is 1. The second kappa shape index (κ2) is 7.98. The summed E-state index contributed by atoms with van der Waals surface area (Å²) < 4.78 is 43.7. The Kier molecular flexibility index (Phi) is 6.23. The third-order valence-corrected chi connectivity index (χ3v) is 4.14. The third-order valence-electron chi connectivity index (χ3n) is 4.14. The van der Waals surface area contributed by atoms with E-state index < -0.39 is 18.2 Å². The summed E-state index contributed by atoms with van der Waals surface area (Å²) in [6.45, 7) is 2.09. The summed E-state index contributed by atoms with van der Waals surface area (Å²) in [6, 6.07) is 6.51. The first kappa shape index (κ1) is 18.7. The highest BCUT2D eigenvalue weighted by Crippen LogP contribution is 2.33. The van der Waals surface area contributed by atoms with E-state index in [2.05, 4.69) is 0 Å². The molecule has 2 rings (SSSR count). The fraction of sp³-hybridized carbons (Fsp3) is 0.588. The van der Waals surface area contributed by atoms with Crippen molar-refractivity contribution in [3.05, 3.63) is 29.8 Å². The quantitative estimate of drug-likeness (QED) is 0.806. The minimum absolute atomic E-state index is 0.00734. The van der Waals surface area contributed by atoms with Crippen LogP contribution in [0.1, 0.15) is 30.1 Å². The molecule has 1 aromatic carbocycles. The molecule has 4 nitrogen and oxygen atoms in total. The van der Waals surface area contributed by atoms with Gasteiger partial charge in [0.05, 0.1) is 5.92 Å². The van der Waals surface area contributed by atoms with Gasteiger partial charge >= 0.3 is 6.18 Å². The molecule has 1 aliphatic rings. The number of benzene rings is 1. The number of aliphatic hydroxyl groups excluding tert-OH is 1. The largest absolute Gasteiger partial charge is 0.491 e. The smallest absolute Gasteiger partial charge is 0.393 e. The zero-order valence-electron chi connectivity index (χ0n) is 13.6. The Labute approximate surface area is 139 Å². The molecule has 1 fully saturated rings. The van der Waals surface area contributed by atoms with Crippen LogP contribution < -0.4 is 4.74 Å². The monoisotopic (exact) mass is 345 g/mol. The minimum atomic E-state index is -4.18. The zero-order chi connectivity index (χ0) is 17.7. The summed E-state index contributed by atoms with van der Waals surface area (Å²) in [6.07, 6.45) is -4.43. The molecule has 1 heterocycles. The van der Waals surface area contributed by atoms with Crippen LogP contribution in [-0.4, -0.2) is 54.3 Å². The van der Waals surface area contributed by atoms with E-state index in [-0.39, 0.29) is 31.9 Å². The summed E-state index contributed by atoms with van der Waals surface area (Å²) in [5.74, 6) is -0.866. The van der Waals surface area contributed by atoms with Gasteiger partial charge in [-0.1, -0.05) is 0 Å². The van der Waals surface area contributed by atoms with Crippen molar-refractivity contribution in [2.75, 3.05) is 26.2 Å². The lowest BCUT2D eigenvalue weighted by atomic mass is 9.97. The number of ether oxygens (including phenoxy) is 1. The highest BCUT2D eigenvalue weighted by atomic mass is 19.4. The second-order valence-electron chi connectivity index (χ2n) is 6.19. The number of Topliss-reactive ketones (excluding diaryl/α,β-unsaturated/α-hetero) is 1. The van der Waals surface area contributed by atoms with Gasteiger partial charge in [-0.25, -0.2) is 0 Å². The van der Waals surface area contributed by atoms with E-state index >= 15 is 0 Å². The molecule has 1 saturated heterocycles. The summed E-state index contributed by atoms with van der Waals surface area (Å²) in [7, 11) is 0. The summed E-state index contributed by atoms with van der Waals surface area (Å²) in [4.78, 5) is 12.8. The molecule has 1 aromatic rings. The number of hydrogen-bond donors (Lipinski definition) is 1. The number of alkyl halides is 3.